The minimum absolute atomic E-state index is 0.231. The van der Waals surface area contributed by atoms with E-state index in [0.29, 0.717) is 11.4 Å². The minimum atomic E-state index is -0.439. The molecule has 2 aromatic carbocycles. The van der Waals surface area contributed by atoms with Crippen LogP contribution < -0.4 is 9.47 Å². The lowest BCUT2D eigenvalue weighted by molar-refractivity contribution is 0.311. The van der Waals surface area contributed by atoms with Crippen LogP contribution in [0.4, 0.5) is 4.39 Å². The van der Waals surface area contributed by atoms with Crippen molar-refractivity contribution in [2.75, 3.05) is 27.8 Å². The minimum Gasteiger partial charge on any atom is -0.496 e. The van der Waals surface area contributed by atoms with Gasteiger partial charge in [0.05, 0.1) is 31.7 Å². The first-order valence-corrected chi connectivity index (χ1v) is 10.7. The lowest BCUT2D eigenvalue weighted by Gasteiger charge is -2.26. The fraction of sp³-hybridized carbons (Fsp3) is 0.240. The molecular formula is C25H24FN5O2. The number of rotatable bonds is 5. The summed E-state index contributed by atoms with van der Waals surface area (Å²) in [5.41, 5.74) is 5.09. The van der Waals surface area contributed by atoms with Crippen LogP contribution in [0.5, 0.6) is 11.5 Å². The maximum absolute atomic E-state index is 14.5. The second-order valence-electron chi connectivity index (χ2n) is 8.04. The highest BCUT2D eigenvalue weighted by molar-refractivity contribution is 5.68. The average Bonchev–Trinajstić information content (AvgIpc) is 3.33. The van der Waals surface area contributed by atoms with E-state index >= 15 is 0 Å². The van der Waals surface area contributed by atoms with Gasteiger partial charge in [0.2, 0.25) is 0 Å². The Bertz CT molecular complexity index is 1320. The van der Waals surface area contributed by atoms with Gasteiger partial charge in [0.25, 0.3) is 0 Å². The molecule has 2 aromatic heterocycles. The predicted molar refractivity (Wildman–Crippen MR) is 123 cm³/mol. The van der Waals surface area contributed by atoms with E-state index in [1.54, 1.807) is 42.4 Å². The Hall–Kier alpha value is -3.78. The normalized spacial score (nSPS) is 13.6. The summed E-state index contributed by atoms with van der Waals surface area (Å²) < 4.78 is 27.3. The van der Waals surface area contributed by atoms with E-state index < -0.39 is 5.82 Å². The predicted octanol–water partition coefficient (Wildman–Crippen LogP) is 4.14. The molecule has 0 atom stereocenters. The van der Waals surface area contributed by atoms with Crippen molar-refractivity contribution in [3.8, 4) is 39.8 Å². The molecule has 0 spiro atoms. The van der Waals surface area contributed by atoms with E-state index in [0.717, 1.165) is 36.5 Å². The first-order valence-electron chi connectivity index (χ1n) is 10.7. The monoisotopic (exact) mass is 445 g/mol. The maximum Gasteiger partial charge on any atom is 0.166 e. The van der Waals surface area contributed by atoms with Crippen LogP contribution in [0.1, 0.15) is 11.1 Å². The Balaban J connectivity index is 1.53. The summed E-state index contributed by atoms with van der Waals surface area (Å²) in [5.74, 6) is 0.967. The first-order chi connectivity index (χ1) is 16.1. The van der Waals surface area contributed by atoms with E-state index in [4.69, 9.17) is 9.47 Å². The highest BCUT2D eigenvalue weighted by Gasteiger charge is 2.19. The van der Waals surface area contributed by atoms with Crippen molar-refractivity contribution in [1.29, 1.82) is 0 Å². The number of hydrogen-bond donors (Lipinski definition) is 0. The third kappa shape index (κ3) is 3.93. The highest BCUT2D eigenvalue weighted by Crippen LogP contribution is 2.33. The molecule has 5 rings (SSSR count). The zero-order valence-corrected chi connectivity index (χ0v) is 18.7. The van der Waals surface area contributed by atoms with Crippen LogP contribution in [0.15, 0.2) is 55.0 Å². The molecule has 33 heavy (non-hydrogen) atoms. The molecule has 8 heteroatoms. The molecule has 168 valence electrons. The van der Waals surface area contributed by atoms with Gasteiger partial charge < -0.3 is 14.4 Å². The maximum atomic E-state index is 14.5. The Morgan fingerprint density at radius 2 is 1.88 bits per heavy atom. The fourth-order valence-corrected chi connectivity index (χ4v) is 4.18. The Kier molecular flexibility index (Phi) is 5.51. The third-order valence-electron chi connectivity index (χ3n) is 5.90. The highest BCUT2D eigenvalue weighted by atomic mass is 19.1. The molecule has 0 amide bonds. The third-order valence-corrected chi connectivity index (χ3v) is 5.90. The van der Waals surface area contributed by atoms with Crippen molar-refractivity contribution in [3.05, 3.63) is 71.9 Å². The van der Waals surface area contributed by atoms with Crippen LogP contribution in [0.2, 0.25) is 0 Å². The van der Waals surface area contributed by atoms with Crippen LogP contribution in [0.25, 0.3) is 28.3 Å². The van der Waals surface area contributed by atoms with Crippen LogP contribution >= 0.6 is 0 Å². The van der Waals surface area contributed by atoms with Gasteiger partial charge in [-0.05, 0) is 54.9 Å². The number of aromatic nitrogens is 4. The zero-order valence-electron chi connectivity index (χ0n) is 18.7. The zero-order chi connectivity index (χ0) is 22.9. The van der Waals surface area contributed by atoms with E-state index in [2.05, 4.69) is 39.1 Å². The van der Waals surface area contributed by atoms with Gasteiger partial charge in [0.15, 0.2) is 5.82 Å². The molecule has 0 radical (unpaired) electrons. The quantitative estimate of drug-likeness (QED) is 0.460. The van der Waals surface area contributed by atoms with E-state index in [1.165, 1.54) is 24.3 Å². The van der Waals surface area contributed by atoms with E-state index in [1.807, 2.05) is 6.20 Å². The van der Waals surface area contributed by atoms with Crippen molar-refractivity contribution in [1.82, 2.24) is 24.6 Å². The number of likely N-dealkylation sites (N-methyl/N-ethyl adjacent to an activating group) is 1. The van der Waals surface area contributed by atoms with Gasteiger partial charge in [-0.3, -0.25) is 0 Å². The van der Waals surface area contributed by atoms with Crippen LogP contribution in [-0.4, -0.2) is 52.5 Å². The molecule has 0 bridgehead atoms. The van der Waals surface area contributed by atoms with Crippen molar-refractivity contribution in [2.24, 2.45) is 0 Å². The molecule has 0 unspecified atom stereocenters. The second kappa shape index (κ2) is 8.63. The first kappa shape index (κ1) is 21.1. The number of halogens is 1. The Morgan fingerprint density at radius 3 is 2.70 bits per heavy atom. The topological polar surface area (TPSA) is 65.3 Å². The molecule has 0 saturated heterocycles. The Labute approximate surface area is 191 Å². The van der Waals surface area contributed by atoms with E-state index in [9.17, 15) is 4.39 Å². The van der Waals surface area contributed by atoms with Gasteiger partial charge in [-0.25, -0.2) is 19.0 Å². The number of methoxy groups -OCH3 is 2. The van der Waals surface area contributed by atoms with Crippen molar-refractivity contribution in [3.63, 3.8) is 0 Å². The molecule has 3 heterocycles. The Morgan fingerprint density at radius 1 is 1.03 bits per heavy atom. The van der Waals surface area contributed by atoms with Gasteiger partial charge >= 0.3 is 0 Å². The van der Waals surface area contributed by atoms with Crippen LogP contribution in [0, 0.1) is 5.82 Å². The summed E-state index contributed by atoms with van der Waals surface area (Å²) in [5, 5.41) is 4.56. The summed E-state index contributed by atoms with van der Waals surface area (Å²) >= 11 is 0. The van der Waals surface area contributed by atoms with E-state index in [-0.39, 0.29) is 11.4 Å². The van der Waals surface area contributed by atoms with Crippen LogP contribution in [-0.2, 0) is 13.0 Å². The average molecular weight is 445 g/mol. The molecule has 7 nitrogen and oxygen atoms in total. The van der Waals surface area contributed by atoms with Gasteiger partial charge in [0, 0.05) is 31.0 Å². The molecule has 1 aliphatic heterocycles. The summed E-state index contributed by atoms with van der Waals surface area (Å²) in [6, 6.07) is 10.7. The molecule has 0 N–H and O–H groups in total. The lowest BCUT2D eigenvalue weighted by Crippen LogP contribution is -2.26. The van der Waals surface area contributed by atoms with Gasteiger partial charge in [-0.1, -0.05) is 6.07 Å². The number of ether oxygens (including phenoxy) is 2. The smallest absolute Gasteiger partial charge is 0.166 e. The number of benzene rings is 2. The van der Waals surface area contributed by atoms with Crippen LogP contribution in [0.3, 0.4) is 0 Å². The molecule has 0 aliphatic carbocycles. The fourth-order valence-electron chi connectivity index (χ4n) is 4.18. The lowest BCUT2D eigenvalue weighted by atomic mass is 9.99. The molecule has 1 aliphatic rings. The van der Waals surface area contributed by atoms with Crippen molar-refractivity contribution in [2.45, 2.75) is 13.0 Å². The standard InChI is InChI=1S/C25H24FN5O2/c1-30-10-8-16-12-23(33-3)21(11-17(16)14-30)31-15-18(13-28-31)20-7-9-27-25(29-20)24-19(26)5-4-6-22(24)32-2/h4-7,9,11-13,15H,8,10,14H2,1-3H3. The number of hydrogen-bond acceptors (Lipinski definition) is 6. The van der Waals surface area contributed by atoms with Gasteiger partial charge in [-0.2, -0.15) is 5.10 Å². The summed E-state index contributed by atoms with van der Waals surface area (Å²) in [6.45, 7) is 1.92. The molecule has 0 fully saturated rings. The molecule has 4 aromatic rings. The summed E-state index contributed by atoms with van der Waals surface area (Å²) in [4.78, 5) is 11.2. The number of nitrogens with zero attached hydrogens (tertiary/aromatic N) is 5. The molecular weight excluding hydrogens is 421 g/mol. The second-order valence-corrected chi connectivity index (χ2v) is 8.04. The van der Waals surface area contributed by atoms with Crippen molar-refractivity contribution >= 4 is 0 Å². The van der Waals surface area contributed by atoms with Crippen molar-refractivity contribution < 1.29 is 13.9 Å². The van der Waals surface area contributed by atoms with Gasteiger partial charge in [0.1, 0.15) is 23.0 Å². The number of fused-ring (bicyclic) bond motifs is 1. The van der Waals surface area contributed by atoms with Gasteiger partial charge in [-0.15, -0.1) is 0 Å². The summed E-state index contributed by atoms with van der Waals surface area (Å²) in [6.07, 6.45) is 6.23. The largest absolute Gasteiger partial charge is 0.496 e. The summed E-state index contributed by atoms with van der Waals surface area (Å²) in [7, 11) is 5.29. The SMILES string of the molecule is COc1cc2c(cc1-n1cc(-c3ccnc(-c4c(F)cccc4OC)n3)cn1)CN(C)CC2. The molecule has 0 saturated carbocycles.